The van der Waals surface area contributed by atoms with E-state index in [-0.39, 0.29) is 11.1 Å². The Morgan fingerprint density at radius 3 is 2.04 bits per heavy atom. The Kier molecular flexibility index (Phi) is 9.34. The molecule has 0 aliphatic rings. The van der Waals surface area contributed by atoms with Gasteiger partial charge in [-0.3, -0.25) is 10.2 Å². The third kappa shape index (κ3) is 6.53. The molecule has 1 N–H and O–H groups in total. The first-order valence-electron chi connectivity index (χ1n) is 6.64. The molecule has 25 heavy (non-hydrogen) atoms. The zero-order chi connectivity index (χ0) is 19.4. The fraction of sp³-hybridized carbons (Fsp3) is 0.312. The monoisotopic (exact) mass is 345 g/mol. The number of methoxy groups -OCH3 is 3. The molecule has 0 aliphatic carbocycles. The quantitative estimate of drug-likeness (QED) is 0.176. The number of carbonyl (C=O) groups excluding carboxylic acids is 3. The fourth-order valence-electron chi connectivity index (χ4n) is 1.57. The summed E-state index contributed by atoms with van der Waals surface area (Å²) in [6.45, 7) is 0. The van der Waals surface area contributed by atoms with Crippen molar-refractivity contribution in [1.29, 1.82) is 15.9 Å². The first-order chi connectivity index (χ1) is 11.9. The minimum atomic E-state index is -1.16. The van der Waals surface area contributed by atoms with Crippen LogP contribution in [-0.4, -0.2) is 45.1 Å². The highest BCUT2D eigenvalue weighted by Gasteiger charge is 2.21. The second kappa shape index (κ2) is 10.9. The molecule has 0 spiro atoms. The number of carbonyl (C=O) groups is 3. The summed E-state index contributed by atoms with van der Waals surface area (Å²) >= 11 is 0. The molecule has 0 aromatic carbocycles. The second-order valence-corrected chi connectivity index (χ2v) is 4.30. The molecule has 0 aliphatic heterocycles. The predicted octanol–water partition coefficient (Wildman–Crippen LogP) is 0.587. The molecule has 1 atom stereocenters. The van der Waals surface area contributed by atoms with E-state index in [0.717, 1.165) is 33.5 Å². The van der Waals surface area contributed by atoms with Crippen LogP contribution in [0.15, 0.2) is 28.9 Å². The molecule has 0 aromatic rings. The summed E-state index contributed by atoms with van der Waals surface area (Å²) in [6.07, 6.45) is 1.61. The maximum atomic E-state index is 11.6. The van der Waals surface area contributed by atoms with Crippen LogP contribution in [0, 0.1) is 34.0 Å². The van der Waals surface area contributed by atoms with E-state index < -0.39 is 35.8 Å². The lowest BCUT2D eigenvalue weighted by atomic mass is 9.93. The van der Waals surface area contributed by atoms with Crippen molar-refractivity contribution in [3.8, 4) is 12.1 Å². The summed E-state index contributed by atoms with van der Waals surface area (Å²) in [7, 11) is 3.27. The SMILES string of the molecule is COC(=O)C[C@H](C#N)C(C=C(C#N)C(=O)OC)=CC(=C=N)C(=O)OC. The molecule has 9 nitrogen and oxygen atoms in total. The van der Waals surface area contributed by atoms with Crippen molar-refractivity contribution in [2.24, 2.45) is 5.92 Å². The summed E-state index contributed by atoms with van der Waals surface area (Å²) in [4.78, 5) is 34.6. The van der Waals surface area contributed by atoms with Crippen LogP contribution in [0.4, 0.5) is 0 Å². The van der Waals surface area contributed by atoms with E-state index in [0.29, 0.717) is 0 Å². The third-order valence-electron chi connectivity index (χ3n) is 2.84. The van der Waals surface area contributed by atoms with E-state index in [1.54, 1.807) is 6.07 Å². The number of ether oxygens (including phenoxy) is 3. The number of allylic oxidation sites excluding steroid dienone is 2. The highest BCUT2D eigenvalue weighted by atomic mass is 16.5. The number of hydrogen-bond donors (Lipinski definition) is 1. The Labute approximate surface area is 143 Å². The largest absolute Gasteiger partial charge is 0.469 e. The molecule has 0 heterocycles. The fourth-order valence-corrected chi connectivity index (χ4v) is 1.57. The minimum absolute atomic E-state index is 0.0602. The Morgan fingerprint density at radius 2 is 1.64 bits per heavy atom. The Hall–Kier alpha value is -3.68. The molecule has 0 aromatic heterocycles. The topological polar surface area (TPSA) is 150 Å². The average Bonchev–Trinajstić information content (AvgIpc) is 2.65. The summed E-state index contributed by atoms with van der Waals surface area (Å²) in [5.74, 6) is -1.95. The van der Waals surface area contributed by atoms with Gasteiger partial charge in [-0.25, -0.2) is 9.59 Å². The van der Waals surface area contributed by atoms with Gasteiger partial charge in [-0.05, 0) is 23.6 Å². The summed E-state index contributed by atoms with van der Waals surface area (Å²) in [5, 5.41) is 25.4. The predicted molar refractivity (Wildman–Crippen MR) is 82.8 cm³/mol. The standard InChI is InChI=1S/C16H15N3O6/c1-23-14(20)6-11(7-17)10(4-12(8-18)15(21)24-2)5-13(9-19)16(22)25-3/h4-5,11,18H,6H2,1-3H3/t11-/m1/s1. The maximum absolute atomic E-state index is 11.6. The highest BCUT2D eigenvalue weighted by molar-refractivity contribution is 6.00. The van der Waals surface area contributed by atoms with Gasteiger partial charge in [-0.15, -0.1) is 0 Å². The van der Waals surface area contributed by atoms with Gasteiger partial charge in [0.2, 0.25) is 0 Å². The molecule has 0 rings (SSSR count). The van der Waals surface area contributed by atoms with Crippen LogP contribution < -0.4 is 0 Å². The Balaban J connectivity index is 6.27. The molecule has 0 fully saturated rings. The van der Waals surface area contributed by atoms with Gasteiger partial charge in [0.1, 0.15) is 17.2 Å². The van der Waals surface area contributed by atoms with E-state index in [1.807, 2.05) is 11.9 Å². The van der Waals surface area contributed by atoms with Crippen molar-refractivity contribution in [1.82, 2.24) is 0 Å². The van der Waals surface area contributed by atoms with Crippen LogP contribution in [-0.2, 0) is 28.6 Å². The zero-order valence-corrected chi connectivity index (χ0v) is 13.8. The minimum Gasteiger partial charge on any atom is -0.469 e. The lowest BCUT2D eigenvalue weighted by Gasteiger charge is -2.10. The number of nitriles is 2. The molecule has 0 saturated heterocycles. The highest BCUT2D eigenvalue weighted by Crippen LogP contribution is 2.21. The molecule has 0 unspecified atom stereocenters. The summed E-state index contributed by atoms with van der Waals surface area (Å²) in [6, 6.07) is 3.40. The number of nitrogens with one attached hydrogen (secondary N) is 1. The second-order valence-electron chi connectivity index (χ2n) is 4.30. The van der Waals surface area contributed by atoms with Gasteiger partial charge < -0.3 is 14.2 Å². The summed E-state index contributed by atoms with van der Waals surface area (Å²) in [5.41, 5.74) is -0.899. The van der Waals surface area contributed by atoms with Gasteiger partial charge in [0.15, 0.2) is 0 Å². The van der Waals surface area contributed by atoms with Crippen molar-refractivity contribution < 1.29 is 28.6 Å². The van der Waals surface area contributed by atoms with Gasteiger partial charge in [-0.2, -0.15) is 10.5 Å². The van der Waals surface area contributed by atoms with Crippen LogP contribution in [0.1, 0.15) is 6.42 Å². The molecule has 0 bridgehead atoms. The van der Waals surface area contributed by atoms with Crippen molar-refractivity contribution in [2.45, 2.75) is 6.42 Å². The number of esters is 3. The molecule has 9 heteroatoms. The molecule has 0 radical (unpaired) electrons. The van der Waals surface area contributed by atoms with Crippen molar-refractivity contribution >= 4 is 23.8 Å². The van der Waals surface area contributed by atoms with Gasteiger partial charge in [0.05, 0.1) is 39.7 Å². The lowest BCUT2D eigenvalue weighted by Crippen LogP contribution is -2.13. The van der Waals surface area contributed by atoms with Crippen LogP contribution >= 0.6 is 0 Å². The lowest BCUT2D eigenvalue weighted by molar-refractivity contribution is -0.141. The molecule has 130 valence electrons. The molecule has 0 saturated carbocycles. The van der Waals surface area contributed by atoms with Crippen LogP contribution in [0.5, 0.6) is 0 Å². The average molecular weight is 345 g/mol. The van der Waals surface area contributed by atoms with E-state index in [4.69, 9.17) is 10.7 Å². The van der Waals surface area contributed by atoms with Gasteiger partial charge in [0, 0.05) is 0 Å². The van der Waals surface area contributed by atoms with Crippen molar-refractivity contribution in [2.75, 3.05) is 21.3 Å². The van der Waals surface area contributed by atoms with Crippen LogP contribution in [0.25, 0.3) is 0 Å². The van der Waals surface area contributed by atoms with Gasteiger partial charge in [-0.1, -0.05) is 0 Å². The molecular formula is C16H15N3O6. The first kappa shape index (κ1) is 21.3. The van der Waals surface area contributed by atoms with Crippen molar-refractivity contribution in [3.63, 3.8) is 0 Å². The maximum Gasteiger partial charge on any atom is 0.348 e. The van der Waals surface area contributed by atoms with Crippen LogP contribution in [0.3, 0.4) is 0 Å². The molecular weight excluding hydrogens is 330 g/mol. The Morgan fingerprint density at radius 1 is 1.04 bits per heavy atom. The number of rotatable bonds is 7. The number of hydrogen-bond acceptors (Lipinski definition) is 9. The van der Waals surface area contributed by atoms with E-state index >= 15 is 0 Å². The van der Waals surface area contributed by atoms with Gasteiger partial charge >= 0.3 is 17.9 Å². The third-order valence-corrected chi connectivity index (χ3v) is 2.84. The smallest absolute Gasteiger partial charge is 0.348 e. The Bertz CT molecular complexity index is 745. The summed E-state index contributed by atoms with van der Waals surface area (Å²) < 4.78 is 13.4. The van der Waals surface area contributed by atoms with E-state index in [9.17, 15) is 19.6 Å². The van der Waals surface area contributed by atoms with Crippen LogP contribution in [0.2, 0.25) is 0 Å². The zero-order valence-electron chi connectivity index (χ0n) is 13.8. The van der Waals surface area contributed by atoms with Crippen molar-refractivity contribution in [3.05, 3.63) is 28.9 Å². The molecule has 0 amide bonds. The van der Waals surface area contributed by atoms with E-state index in [1.165, 1.54) is 0 Å². The normalized spacial score (nSPS) is 11.9. The van der Waals surface area contributed by atoms with Gasteiger partial charge in [0.25, 0.3) is 0 Å². The van der Waals surface area contributed by atoms with E-state index in [2.05, 4.69) is 14.2 Å². The first-order valence-corrected chi connectivity index (χ1v) is 6.64. The number of nitrogens with zero attached hydrogens (tertiary/aromatic N) is 2.